The highest BCUT2D eigenvalue weighted by Crippen LogP contribution is 2.50. The minimum absolute atomic E-state index is 0.00649. The summed E-state index contributed by atoms with van der Waals surface area (Å²) in [6.07, 6.45) is -3.78. The van der Waals surface area contributed by atoms with E-state index < -0.39 is 34.5 Å². The lowest BCUT2D eigenvalue weighted by atomic mass is 9.91. The highest BCUT2D eigenvalue weighted by Gasteiger charge is 2.45. The Morgan fingerprint density at radius 2 is 1.85 bits per heavy atom. The van der Waals surface area contributed by atoms with E-state index in [9.17, 15) is 22.7 Å². The number of halogens is 5. The monoisotopic (exact) mass is 478 g/mol. The van der Waals surface area contributed by atoms with E-state index in [1.54, 1.807) is 13.8 Å². The standard InChI is InChI=1S/C22H19F5N6O/c1-10-30-31-20-21(2,3)29-15-8-14(24)17(18(22(25,26)27)19(15)33(10)20)12-6-11(23)7-16-13(12)9-28-32(16)4-5-34/h6-9,29,34H,4-5H2,1-3H3. The first-order valence-electron chi connectivity index (χ1n) is 10.3. The molecule has 4 aromatic rings. The molecule has 178 valence electrons. The van der Waals surface area contributed by atoms with Crippen LogP contribution in [-0.2, 0) is 18.3 Å². The van der Waals surface area contributed by atoms with E-state index in [1.165, 1.54) is 22.4 Å². The topological polar surface area (TPSA) is 80.8 Å². The molecule has 12 heteroatoms. The first kappa shape index (κ1) is 22.3. The van der Waals surface area contributed by atoms with Crippen LogP contribution in [0.15, 0.2) is 24.4 Å². The molecule has 5 rings (SSSR count). The summed E-state index contributed by atoms with van der Waals surface area (Å²) in [7, 11) is 0. The molecule has 0 amide bonds. The molecule has 7 nitrogen and oxygen atoms in total. The molecular weight excluding hydrogens is 459 g/mol. The normalized spacial score (nSPS) is 14.7. The number of aliphatic hydroxyl groups excluding tert-OH is 1. The third-order valence-electron chi connectivity index (χ3n) is 5.90. The van der Waals surface area contributed by atoms with Gasteiger partial charge < -0.3 is 10.4 Å². The first-order valence-corrected chi connectivity index (χ1v) is 10.3. The van der Waals surface area contributed by atoms with Crippen molar-refractivity contribution in [1.29, 1.82) is 0 Å². The van der Waals surface area contributed by atoms with Gasteiger partial charge in [0.1, 0.15) is 17.5 Å². The second-order valence-electron chi connectivity index (χ2n) is 8.64. The van der Waals surface area contributed by atoms with Crippen LogP contribution in [0.4, 0.5) is 27.6 Å². The van der Waals surface area contributed by atoms with Gasteiger partial charge in [-0.1, -0.05) is 0 Å². The maximum atomic E-state index is 15.6. The summed E-state index contributed by atoms with van der Waals surface area (Å²) in [5.41, 5.74) is -3.63. The maximum Gasteiger partial charge on any atom is 0.419 e. The van der Waals surface area contributed by atoms with E-state index >= 15 is 4.39 Å². The molecule has 2 aromatic carbocycles. The summed E-state index contributed by atoms with van der Waals surface area (Å²) < 4.78 is 76.6. The zero-order valence-electron chi connectivity index (χ0n) is 18.3. The fourth-order valence-corrected chi connectivity index (χ4v) is 4.56. The number of nitrogens with one attached hydrogen (secondary N) is 1. The zero-order valence-corrected chi connectivity index (χ0v) is 18.3. The predicted molar refractivity (Wildman–Crippen MR) is 113 cm³/mol. The van der Waals surface area contributed by atoms with Crippen molar-refractivity contribution in [2.45, 2.75) is 39.0 Å². The van der Waals surface area contributed by atoms with Gasteiger partial charge in [0.15, 0.2) is 5.82 Å². The number of fused-ring (bicyclic) bond motifs is 4. The summed E-state index contributed by atoms with van der Waals surface area (Å²) in [5, 5.41) is 24.3. The van der Waals surface area contributed by atoms with E-state index in [-0.39, 0.29) is 52.6 Å². The average molecular weight is 478 g/mol. The van der Waals surface area contributed by atoms with Crippen molar-refractivity contribution in [3.05, 3.63) is 53.2 Å². The van der Waals surface area contributed by atoms with E-state index in [1.807, 2.05) is 0 Å². The van der Waals surface area contributed by atoms with Crippen LogP contribution in [-0.4, -0.2) is 36.3 Å². The van der Waals surface area contributed by atoms with Gasteiger partial charge in [-0.05, 0) is 44.5 Å². The predicted octanol–water partition coefficient (Wildman–Crippen LogP) is 4.54. The molecule has 3 heterocycles. The van der Waals surface area contributed by atoms with Crippen LogP contribution >= 0.6 is 0 Å². The number of anilines is 1. The molecule has 2 aromatic heterocycles. The molecule has 0 saturated heterocycles. The Morgan fingerprint density at radius 1 is 1.12 bits per heavy atom. The fraction of sp³-hybridized carbons (Fsp3) is 0.318. The number of aliphatic hydroxyl groups is 1. The molecule has 34 heavy (non-hydrogen) atoms. The molecule has 0 aliphatic carbocycles. The van der Waals surface area contributed by atoms with Gasteiger partial charge in [-0.3, -0.25) is 9.25 Å². The zero-order chi connectivity index (χ0) is 24.6. The summed E-state index contributed by atoms with van der Waals surface area (Å²) in [4.78, 5) is 0. The van der Waals surface area contributed by atoms with Crippen molar-refractivity contribution in [2.24, 2.45) is 0 Å². The molecule has 0 unspecified atom stereocenters. The van der Waals surface area contributed by atoms with Crippen molar-refractivity contribution >= 4 is 16.6 Å². The molecule has 0 bridgehead atoms. The smallest absolute Gasteiger partial charge is 0.394 e. The Kier molecular flexibility index (Phi) is 4.73. The van der Waals surface area contributed by atoms with Crippen LogP contribution in [0.5, 0.6) is 0 Å². The van der Waals surface area contributed by atoms with Crippen LogP contribution in [0.2, 0.25) is 0 Å². The number of aromatic nitrogens is 5. The van der Waals surface area contributed by atoms with Gasteiger partial charge in [0.2, 0.25) is 0 Å². The van der Waals surface area contributed by atoms with Crippen molar-refractivity contribution < 1.29 is 27.1 Å². The van der Waals surface area contributed by atoms with Crippen LogP contribution in [0.25, 0.3) is 27.7 Å². The molecule has 1 aliphatic heterocycles. The van der Waals surface area contributed by atoms with Crippen LogP contribution in [0.1, 0.15) is 31.1 Å². The molecule has 0 spiro atoms. The largest absolute Gasteiger partial charge is 0.419 e. The number of hydrogen-bond acceptors (Lipinski definition) is 5. The summed E-state index contributed by atoms with van der Waals surface area (Å²) in [6, 6.07) is 2.91. The number of alkyl halides is 3. The highest BCUT2D eigenvalue weighted by atomic mass is 19.4. The SMILES string of the molecule is Cc1nnc2n1-c1c(cc(F)c(-c3cc(F)cc4c3cnn4CCO)c1C(F)(F)F)NC2(C)C. The van der Waals surface area contributed by atoms with Crippen molar-refractivity contribution in [2.75, 3.05) is 11.9 Å². The minimum atomic E-state index is -5.02. The van der Waals surface area contributed by atoms with E-state index in [2.05, 4.69) is 20.6 Å². The molecule has 1 aliphatic rings. The van der Waals surface area contributed by atoms with Gasteiger partial charge in [0.25, 0.3) is 0 Å². The molecule has 2 N–H and O–H groups in total. The second kappa shape index (κ2) is 7.23. The van der Waals surface area contributed by atoms with Gasteiger partial charge in [-0.15, -0.1) is 10.2 Å². The van der Waals surface area contributed by atoms with Crippen LogP contribution in [0, 0.1) is 18.6 Å². The maximum absolute atomic E-state index is 15.6. The number of hydrogen-bond donors (Lipinski definition) is 2. The first-order chi connectivity index (χ1) is 15.9. The summed E-state index contributed by atoms with van der Waals surface area (Å²) in [6.45, 7) is 4.57. The number of rotatable bonds is 3. The van der Waals surface area contributed by atoms with Gasteiger partial charge in [0, 0.05) is 10.9 Å². The quantitative estimate of drug-likeness (QED) is 0.423. The number of aryl methyl sites for hydroxylation is 1. The molecular formula is C22H19F5N6O. The van der Waals surface area contributed by atoms with Gasteiger partial charge in [-0.2, -0.15) is 18.3 Å². The van der Waals surface area contributed by atoms with Crippen molar-refractivity contribution in [1.82, 2.24) is 24.5 Å². The minimum Gasteiger partial charge on any atom is -0.394 e. The van der Waals surface area contributed by atoms with E-state index in [0.29, 0.717) is 0 Å². The number of benzene rings is 2. The molecule has 0 radical (unpaired) electrons. The lowest BCUT2D eigenvalue weighted by molar-refractivity contribution is -0.137. The second-order valence-corrected chi connectivity index (χ2v) is 8.64. The Bertz CT molecular complexity index is 1450. The van der Waals surface area contributed by atoms with Gasteiger partial charge in [-0.25, -0.2) is 8.78 Å². The van der Waals surface area contributed by atoms with Crippen LogP contribution in [0.3, 0.4) is 0 Å². The Morgan fingerprint density at radius 3 is 2.53 bits per heavy atom. The molecule has 0 saturated carbocycles. The van der Waals surface area contributed by atoms with Crippen molar-refractivity contribution in [3.8, 4) is 16.8 Å². The van der Waals surface area contributed by atoms with Gasteiger partial charge in [0.05, 0.1) is 47.3 Å². The van der Waals surface area contributed by atoms with Crippen molar-refractivity contribution in [3.63, 3.8) is 0 Å². The van der Waals surface area contributed by atoms with E-state index in [4.69, 9.17) is 0 Å². The third kappa shape index (κ3) is 3.16. The lowest BCUT2D eigenvalue weighted by Gasteiger charge is -2.36. The summed E-state index contributed by atoms with van der Waals surface area (Å²) >= 11 is 0. The summed E-state index contributed by atoms with van der Waals surface area (Å²) in [5.74, 6) is -1.63. The third-order valence-corrected chi connectivity index (χ3v) is 5.90. The Balaban J connectivity index is 1.92. The lowest BCUT2D eigenvalue weighted by Crippen LogP contribution is -2.37. The molecule has 0 atom stereocenters. The highest BCUT2D eigenvalue weighted by molar-refractivity contribution is 5.97. The average Bonchev–Trinajstić information content (AvgIpc) is 3.30. The molecule has 0 fully saturated rings. The fourth-order valence-electron chi connectivity index (χ4n) is 4.56. The van der Waals surface area contributed by atoms with Crippen LogP contribution < -0.4 is 5.32 Å². The Hall–Kier alpha value is -3.54. The number of nitrogens with zero attached hydrogens (tertiary/aromatic N) is 5. The Labute approximate surface area is 189 Å². The van der Waals surface area contributed by atoms with Gasteiger partial charge >= 0.3 is 6.18 Å². The van der Waals surface area contributed by atoms with E-state index in [0.717, 1.165) is 18.2 Å².